The predicted molar refractivity (Wildman–Crippen MR) is 93.4 cm³/mol. The van der Waals surface area contributed by atoms with E-state index in [1.807, 2.05) is 55.6 Å². The van der Waals surface area contributed by atoms with Crippen LogP contribution in [0, 0.1) is 0 Å². The molecule has 0 aliphatic heterocycles. The summed E-state index contributed by atoms with van der Waals surface area (Å²) in [6.07, 6.45) is 10.3. The summed E-state index contributed by atoms with van der Waals surface area (Å²) >= 11 is 0. The average Bonchev–Trinajstić information content (AvgIpc) is 3.16. The summed E-state index contributed by atoms with van der Waals surface area (Å²) in [7, 11) is 0. The van der Waals surface area contributed by atoms with Crippen molar-refractivity contribution in [2.24, 2.45) is 0 Å². The van der Waals surface area contributed by atoms with Crippen molar-refractivity contribution in [2.45, 2.75) is 13.0 Å². The second-order valence-corrected chi connectivity index (χ2v) is 5.40. The molecule has 24 heavy (non-hydrogen) atoms. The fourth-order valence-corrected chi connectivity index (χ4v) is 2.35. The van der Waals surface area contributed by atoms with Crippen molar-refractivity contribution in [1.82, 2.24) is 20.1 Å². The van der Waals surface area contributed by atoms with Crippen LogP contribution in [-0.2, 0) is 4.79 Å². The maximum atomic E-state index is 12.1. The SMILES string of the molecule is C[C@@H](NC(=O)/C=C/c1cccnc1)c1cccc(-n2cccn2)c1. The first-order valence-corrected chi connectivity index (χ1v) is 7.71. The molecule has 0 unspecified atom stereocenters. The molecule has 1 amide bonds. The van der Waals surface area contributed by atoms with E-state index < -0.39 is 0 Å². The lowest BCUT2D eigenvalue weighted by molar-refractivity contribution is -0.117. The number of rotatable bonds is 5. The van der Waals surface area contributed by atoms with Gasteiger partial charge in [0.25, 0.3) is 0 Å². The second kappa shape index (κ2) is 7.37. The minimum Gasteiger partial charge on any atom is -0.346 e. The zero-order valence-electron chi connectivity index (χ0n) is 13.3. The van der Waals surface area contributed by atoms with Gasteiger partial charge in [-0.05, 0) is 48.4 Å². The molecule has 2 heterocycles. The van der Waals surface area contributed by atoms with Gasteiger partial charge < -0.3 is 5.32 Å². The molecule has 0 radical (unpaired) electrons. The first-order valence-electron chi connectivity index (χ1n) is 7.71. The largest absolute Gasteiger partial charge is 0.346 e. The Morgan fingerprint density at radius 1 is 1.21 bits per heavy atom. The normalized spacial score (nSPS) is 12.2. The van der Waals surface area contributed by atoms with E-state index in [1.165, 1.54) is 6.08 Å². The van der Waals surface area contributed by atoms with Crippen LogP contribution < -0.4 is 5.32 Å². The average molecular weight is 318 g/mol. The lowest BCUT2D eigenvalue weighted by Crippen LogP contribution is -2.24. The Morgan fingerprint density at radius 2 is 2.12 bits per heavy atom. The standard InChI is InChI=1S/C19H18N4O/c1-15(22-19(24)9-8-16-5-3-10-20-14-16)17-6-2-7-18(13-17)23-12-4-11-21-23/h2-15H,1H3,(H,22,24)/b9-8+/t15-/m1/s1. The molecular weight excluding hydrogens is 300 g/mol. The maximum Gasteiger partial charge on any atom is 0.244 e. The molecule has 0 aliphatic carbocycles. The number of hydrogen-bond acceptors (Lipinski definition) is 3. The molecule has 120 valence electrons. The summed E-state index contributed by atoms with van der Waals surface area (Å²) < 4.78 is 1.79. The third kappa shape index (κ3) is 3.95. The summed E-state index contributed by atoms with van der Waals surface area (Å²) in [5, 5.41) is 7.19. The molecule has 0 spiro atoms. The van der Waals surface area contributed by atoms with E-state index in [0.717, 1.165) is 16.8 Å². The van der Waals surface area contributed by atoms with Gasteiger partial charge in [0, 0.05) is 30.9 Å². The maximum absolute atomic E-state index is 12.1. The van der Waals surface area contributed by atoms with E-state index in [1.54, 1.807) is 29.3 Å². The van der Waals surface area contributed by atoms with Gasteiger partial charge in [-0.25, -0.2) is 4.68 Å². The summed E-state index contributed by atoms with van der Waals surface area (Å²) in [6, 6.07) is 13.4. The molecule has 0 fully saturated rings. The van der Waals surface area contributed by atoms with Gasteiger partial charge in [-0.1, -0.05) is 18.2 Å². The van der Waals surface area contributed by atoms with Crippen molar-refractivity contribution in [1.29, 1.82) is 0 Å². The van der Waals surface area contributed by atoms with Crippen LogP contribution in [0.15, 0.2) is 73.3 Å². The van der Waals surface area contributed by atoms with Crippen LogP contribution in [0.5, 0.6) is 0 Å². The van der Waals surface area contributed by atoms with Gasteiger partial charge >= 0.3 is 0 Å². The van der Waals surface area contributed by atoms with Crippen molar-refractivity contribution in [3.63, 3.8) is 0 Å². The van der Waals surface area contributed by atoms with E-state index >= 15 is 0 Å². The highest BCUT2D eigenvalue weighted by Crippen LogP contribution is 2.16. The number of pyridine rings is 1. The molecule has 1 N–H and O–H groups in total. The van der Waals surface area contributed by atoms with Gasteiger partial charge in [0.15, 0.2) is 0 Å². The highest BCUT2D eigenvalue weighted by Gasteiger charge is 2.08. The summed E-state index contributed by atoms with van der Waals surface area (Å²) in [6.45, 7) is 1.96. The van der Waals surface area contributed by atoms with Crippen LogP contribution >= 0.6 is 0 Å². The van der Waals surface area contributed by atoms with E-state index in [9.17, 15) is 4.79 Å². The summed E-state index contributed by atoms with van der Waals surface area (Å²) in [5.41, 5.74) is 2.87. The first kappa shape index (κ1) is 15.7. The molecule has 3 rings (SSSR count). The molecule has 0 bridgehead atoms. The minimum absolute atomic E-state index is 0.105. The van der Waals surface area contributed by atoms with Crippen LogP contribution in [0.25, 0.3) is 11.8 Å². The number of nitrogens with zero attached hydrogens (tertiary/aromatic N) is 3. The lowest BCUT2D eigenvalue weighted by atomic mass is 10.1. The van der Waals surface area contributed by atoms with Crippen LogP contribution in [0.4, 0.5) is 0 Å². The Kier molecular flexibility index (Phi) is 4.81. The molecule has 0 saturated carbocycles. The fourth-order valence-electron chi connectivity index (χ4n) is 2.35. The van der Waals surface area contributed by atoms with E-state index in [-0.39, 0.29) is 11.9 Å². The molecular formula is C19H18N4O. The van der Waals surface area contributed by atoms with Gasteiger partial charge in [0.1, 0.15) is 0 Å². The van der Waals surface area contributed by atoms with Gasteiger partial charge in [-0.3, -0.25) is 9.78 Å². The minimum atomic E-state index is -0.143. The predicted octanol–water partition coefficient (Wildman–Crippen LogP) is 3.16. The zero-order valence-corrected chi connectivity index (χ0v) is 13.3. The van der Waals surface area contributed by atoms with Gasteiger partial charge in [0.05, 0.1) is 11.7 Å². The lowest BCUT2D eigenvalue weighted by Gasteiger charge is -2.14. The smallest absolute Gasteiger partial charge is 0.244 e. The number of carbonyl (C=O) groups is 1. The Bertz CT molecular complexity index is 826. The number of aromatic nitrogens is 3. The molecule has 0 saturated heterocycles. The molecule has 5 nitrogen and oxygen atoms in total. The van der Waals surface area contributed by atoms with Crippen LogP contribution in [0.2, 0.25) is 0 Å². The number of carbonyl (C=O) groups excluding carboxylic acids is 1. The van der Waals surface area contributed by atoms with E-state index in [0.29, 0.717) is 0 Å². The Hall–Kier alpha value is -3.21. The highest BCUT2D eigenvalue weighted by molar-refractivity contribution is 5.91. The highest BCUT2D eigenvalue weighted by atomic mass is 16.1. The Balaban J connectivity index is 1.66. The van der Waals surface area contributed by atoms with Crippen LogP contribution in [0.1, 0.15) is 24.1 Å². The van der Waals surface area contributed by atoms with Crippen LogP contribution in [0.3, 0.4) is 0 Å². The molecule has 3 aromatic rings. The first-order chi connectivity index (χ1) is 11.7. The third-order valence-electron chi connectivity index (χ3n) is 3.61. The van der Waals surface area contributed by atoms with Gasteiger partial charge in [-0.15, -0.1) is 0 Å². The quantitative estimate of drug-likeness (QED) is 0.735. The van der Waals surface area contributed by atoms with Crippen molar-refractivity contribution >= 4 is 12.0 Å². The zero-order chi connectivity index (χ0) is 16.8. The number of amides is 1. The summed E-state index contributed by atoms with van der Waals surface area (Å²) in [4.78, 5) is 16.1. The third-order valence-corrected chi connectivity index (χ3v) is 3.61. The van der Waals surface area contributed by atoms with Gasteiger partial charge in [0.2, 0.25) is 5.91 Å². The second-order valence-electron chi connectivity index (χ2n) is 5.40. The number of benzene rings is 1. The molecule has 2 aromatic heterocycles. The van der Waals surface area contributed by atoms with E-state index in [2.05, 4.69) is 15.4 Å². The number of hydrogen-bond donors (Lipinski definition) is 1. The molecule has 5 heteroatoms. The topological polar surface area (TPSA) is 59.8 Å². The van der Waals surface area contributed by atoms with E-state index in [4.69, 9.17) is 0 Å². The Morgan fingerprint density at radius 3 is 2.88 bits per heavy atom. The van der Waals surface area contributed by atoms with Crippen molar-refractivity contribution < 1.29 is 4.79 Å². The summed E-state index contributed by atoms with van der Waals surface area (Å²) in [5.74, 6) is -0.143. The molecule has 1 atom stereocenters. The van der Waals surface area contributed by atoms with Crippen molar-refractivity contribution in [3.05, 3.63) is 84.5 Å². The van der Waals surface area contributed by atoms with Crippen LogP contribution in [-0.4, -0.2) is 20.7 Å². The molecule has 0 aliphatic rings. The monoisotopic (exact) mass is 318 g/mol. The number of nitrogens with one attached hydrogen (secondary N) is 1. The van der Waals surface area contributed by atoms with Gasteiger partial charge in [-0.2, -0.15) is 5.10 Å². The fraction of sp³-hybridized carbons (Fsp3) is 0.105. The van der Waals surface area contributed by atoms with Crippen molar-refractivity contribution in [3.8, 4) is 5.69 Å². The van der Waals surface area contributed by atoms with Crippen molar-refractivity contribution in [2.75, 3.05) is 0 Å². The Labute approximate surface area is 140 Å². The molecule has 1 aromatic carbocycles.